The van der Waals surface area contributed by atoms with Crippen LogP contribution in [0.15, 0.2) is 0 Å². The van der Waals surface area contributed by atoms with Crippen LogP contribution in [-0.4, -0.2) is 76.5 Å². The van der Waals surface area contributed by atoms with Crippen molar-refractivity contribution >= 4 is 12.0 Å². The van der Waals surface area contributed by atoms with Crippen molar-refractivity contribution in [3.8, 4) is 0 Å². The van der Waals surface area contributed by atoms with E-state index in [9.17, 15) is 14.7 Å². The van der Waals surface area contributed by atoms with Crippen LogP contribution in [0, 0.1) is 0 Å². The Morgan fingerprint density at radius 1 is 1.45 bits per heavy atom. The average Bonchev–Trinajstić information content (AvgIpc) is 2.42. The summed E-state index contributed by atoms with van der Waals surface area (Å²) >= 11 is 0. The van der Waals surface area contributed by atoms with Crippen molar-refractivity contribution in [3.05, 3.63) is 0 Å². The van der Waals surface area contributed by atoms with Gasteiger partial charge >= 0.3 is 12.0 Å². The van der Waals surface area contributed by atoms with Gasteiger partial charge in [0.2, 0.25) is 0 Å². The van der Waals surface area contributed by atoms with Gasteiger partial charge in [-0.3, -0.25) is 4.79 Å². The lowest BCUT2D eigenvalue weighted by Gasteiger charge is -2.39. The van der Waals surface area contributed by atoms with E-state index in [4.69, 9.17) is 9.84 Å². The summed E-state index contributed by atoms with van der Waals surface area (Å²) in [5.74, 6) is -1.03. The number of nitrogens with zero attached hydrogens (tertiary/aromatic N) is 2. The molecule has 20 heavy (non-hydrogen) atoms. The summed E-state index contributed by atoms with van der Waals surface area (Å²) in [4.78, 5) is 26.3. The van der Waals surface area contributed by atoms with E-state index in [1.165, 1.54) is 4.90 Å². The molecule has 3 unspecified atom stereocenters. The largest absolute Gasteiger partial charge is 0.480 e. The molecule has 0 aliphatic carbocycles. The molecule has 1 rings (SSSR count). The van der Waals surface area contributed by atoms with Gasteiger partial charge in [-0.2, -0.15) is 0 Å². The third-order valence-corrected chi connectivity index (χ3v) is 3.47. The number of ether oxygens (including phenoxy) is 1. The Balaban J connectivity index is 2.79. The number of morpholine rings is 1. The van der Waals surface area contributed by atoms with Crippen LogP contribution >= 0.6 is 0 Å². The van der Waals surface area contributed by atoms with Crippen LogP contribution in [0.1, 0.15) is 27.2 Å². The molecule has 2 N–H and O–H groups in total. The molecular formula is C13H24N2O5. The van der Waals surface area contributed by atoms with Crippen molar-refractivity contribution in [1.29, 1.82) is 0 Å². The molecule has 1 aliphatic heterocycles. The Morgan fingerprint density at radius 2 is 2.10 bits per heavy atom. The molecule has 0 spiro atoms. The van der Waals surface area contributed by atoms with E-state index in [-0.39, 0.29) is 37.9 Å². The van der Waals surface area contributed by atoms with Gasteiger partial charge in [-0.1, -0.05) is 6.92 Å². The van der Waals surface area contributed by atoms with Gasteiger partial charge in [0.05, 0.1) is 25.4 Å². The molecule has 7 heteroatoms. The molecule has 7 nitrogen and oxygen atoms in total. The molecule has 0 saturated carbocycles. The fourth-order valence-electron chi connectivity index (χ4n) is 2.26. The Hall–Kier alpha value is -1.34. The number of carbonyl (C=O) groups is 2. The summed E-state index contributed by atoms with van der Waals surface area (Å²) in [5, 5.41) is 18.1. The predicted molar refractivity (Wildman–Crippen MR) is 72.5 cm³/mol. The molecule has 0 aromatic heterocycles. The Bertz CT molecular complexity index is 350. The Kier molecular flexibility index (Phi) is 6.22. The molecular weight excluding hydrogens is 264 g/mol. The number of urea groups is 1. The molecule has 0 bridgehead atoms. The van der Waals surface area contributed by atoms with Crippen LogP contribution in [0.3, 0.4) is 0 Å². The first-order valence-corrected chi connectivity index (χ1v) is 6.92. The monoisotopic (exact) mass is 288 g/mol. The molecule has 116 valence electrons. The van der Waals surface area contributed by atoms with E-state index in [1.807, 2.05) is 20.8 Å². The number of rotatable bonds is 5. The lowest BCUT2D eigenvalue weighted by molar-refractivity contribution is -0.138. The molecule has 1 heterocycles. The van der Waals surface area contributed by atoms with E-state index in [0.29, 0.717) is 13.0 Å². The number of aliphatic hydroxyl groups is 1. The fraction of sp³-hybridized carbons (Fsp3) is 0.846. The lowest BCUT2D eigenvalue weighted by Crippen LogP contribution is -2.56. The van der Waals surface area contributed by atoms with Crippen LogP contribution in [0.5, 0.6) is 0 Å². The minimum absolute atomic E-state index is 0.149. The lowest BCUT2D eigenvalue weighted by atomic mass is 10.2. The van der Waals surface area contributed by atoms with Crippen LogP contribution in [0.2, 0.25) is 0 Å². The number of amides is 2. The fourth-order valence-corrected chi connectivity index (χ4v) is 2.26. The molecule has 1 fully saturated rings. The van der Waals surface area contributed by atoms with Crippen molar-refractivity contribution < 1.29 is 24.5 Å². The summed E-state index contributed by atoms with van der Waals surface area (Å²) < 4.78 is 5.48. The second-order valence-corrected chi connectivity index (χ2v) is 5.22. The second kappa shape index (κ2) is 7.44. The number of hydrogen-bond donors (Lipinski definition) is 2. The van der Waals surface area contributed by atoms with Gasteiger partial charge in [-0.25, -0.2) is 4.79 Å². The molecule has 2 amide bonds. The third-order valence-electron chi connectivity index (χ3n) is 3.47. The van der Waals surface area contributed by atoms with Crippen molar-refractivity contribution in [2.45, 2.75) is 45.4 Å². The zero-order valence-electron chi connectivity index (χ0n) is 12.3. The zero-order valence-corrected chi connectivity index (χ0v) is 12.3. The van der Waals surface area contributed by atoms with Crippen LogP contribution < -0.4 is 0 Å². The number of carboxylic acids is 1. The summed E-state index contributed by atoms with van der Waals surface area (Å²) in [6.07, 6.45) is 0.0993. The summed E-state index contributed by atoms with van der Waals surface area (Å²) in [6, 6.07) is -0.459. The van der Waals surface area contributed by atoms with E-state index >= 15 is 0 Å². The maximum atomic E-state index is 12.5. The SMILES string of the molecule is CCC(C)N(CC(=O)O)C(=O)N1CC(C)OC(CO)C1. The molecule has 0 radical (unpaired) electrons. The highest BCUT2D eigenvalue weighted by Gasteiger charge is 2.32. The van der Waals surface area contributed by atoms with Gasteiger partial charge in [-0.15, -0.1) is 0 Å². The van der Waals surface area contributed by atoms with Crippen molar-refractivity contribution in [3.63, 3.8) is 0 Å². The summed E-state index contributed by atoms with van der Waals surface area (Å²) in [7, 11) is 0. The number of aliphatic carboxylic acids is 1. The first-order chi connectivity index (χ1) is 9.38. The quantitative estimate of drug-likeness (QED) is 0.763. The van der Waals surface area contributed by atoms with Gasteiger partial charge in [-0.05, 0) is 20.3 Å². The number of hydrogen-bond acceptors (Lipinski definition) is 4. The van der Waals surface area contributed by atoms with Crippen LogP contribution in [0.4, 0.5) is 4.79 Å². The number of carbonyl (C=O) groups excluding carboxylic acids is 1. The second-order valence-electron chi connectivity index (χ2n) is 5.22. The zero-order chi connectivity index (χ0) is 15.3. The highest BCUT2D eigenvalue weighted by molar-refractivity contribution is 5.80. The summed E-state index contributed by atoms with van der Waals surface area (Å²) in [5.41, 5.74) is 0. The Labute approximate surface area is 119 Å². The van der Waals surface area contributed by atoms with Gasteiger partial charge in [0.25, 0.3) is 0 Å². The number of aliphatic hydroxyl groups excluding tert-OH is 1. The number of carboxylic acid groups (broad SMARTS) is 1. The highest BCUT2D eigenvalue weighted by atomic mass is 16.5. The molecule has 0 aromatic rings. The van der Waals surface area contributed by atoms with Gasteiger partial charge in [0.1, 0.15) is 6.54 Å². The van der Waals surface area contributed by atoms with Gasteiger partial charge < -0.3 is 24.7 Å². The smallest absolute Gasteiger partial charge is 0.323 e. The average molecular weight is 288 g/mol. The third kappa shape index (κ3) is 4.35. The maximum absolute atomic E-state index is 12.5. The van der Waals surface area contributed by atoms with Crippen molar-refractivity contribution in [2.75, 3.05) is 26.2 Å². The normalized spacial score (nSPS) is 24.3. The van der Waals surface area contributed by atoms with Crippen LogP contribution in [-0.2, 0) is 9.53 Å². The topological polar surface area (TPSA) is 90.3 Å². The van der Waals surface area contributed by atoms with Gasteiger partial charge in [0, 0.05) is 12.6 Å². The standard InChI is InChI=1S/C13H24N2O5/c1-4-9(2)15(7-12(17)18)13(19)14-5-10(3)20-11(6-14)8-16/h9-11,16H,4-8H2,1-3H3,(H,17,18). The summed E-state index contributed by atoms with van der Waals surface area (Å²) in [6.45, 7) is 5.78. The van der Waals surface area contributed by atoms with E-state index in [2.05, 4.69) is 0 Å². The van der Waals surface area contributed by atoms with E-state index in [1.54, 1.807) is 4.90 Å². The van der Waals surface area contributed by atoms with Crippen LogP contribution in [0.25, 0.3) is 0 Å². The molecule has 0 aromatic carbocycles. The maximum Gasteiger partial charge on any atom is 0.323 e. The highest BCUT2D eigenvalue weighted by Crippen LogP contribution is 2.15. The van der Waals surface area contributed by atoms with E-state index in [0.717, 1.165) is 0 Å². The van der Waals surface area contributed by atoms with Crippen molar-refractivity contribution in [2.24, 2.45) is 0 Å². The minimum Gasteiger partial charge on any atom is -0.480 e. The first kappa shape index (κ1) is 16.7. The first-order valence-electron chi connectivity index (χ1n) is 6.92. The van der Waals surface area contributed by atoms with Gasteiger partial charge in [0.15, 0.2) is 0 Å². The minimum atomic E-state index is -1.03. The molecule has 3 atom stereocenters. The molecule has 1 aliphatic rings. The Morgan fingerprint density at radius 3 is 2.60 bits per heavy atom. The molecule has 1 saturated heterocycles. The van der Waals surface area contributed by atoms with E-state index < -0.39 is 12.1 Å². The predicted octanol–water partition coefficient (Wildman–Crippen LogP) is 0.373. The van der Waals surface area contributed by atoms with Crippen molar-refractivity contribution in [1.82, 2.24) is 9.80 Å².